The lowest BCUT2D eigenvalue weighted by atomic mass is 10.0. The highest BCUT2D eigenvalue weighted by Gasteiger charge is 2.20. The number of rotatable bonds is 81. The van der Waals surface area contributed by atoms with Crippen molar-refractivity contribution in [3.63, 3.8) is 0 Å². The van der Waals surface area contributed by atoms with Crippen molar-refractivity contribution >= 4 is 11.9 Å². The van der Waals surface area contributed by atoms with Crippen LogP contribution in [0.3, 0.4) is 0 Å². The summed E-state index contributed by atoms with van der Waals surface area (Å²) in [5.41, 5.74) is 0. The predicted molar refractivity (Wildman–Crippen MR) is 403 cm³/mol. The minimum Gasteiger partial charge on any atom is -0.466 e. The van der Waals surface area contributed by atoms with Crippen LogP contribution in [-0.2, 0) is 14.3 Å². The van der Waals surface area contributed by atoms with Crippen molar-refractivity contribution in [3.8, 4) is 0 Å². The smallest absolute Gasteiger partial charge is 0.305 e. The Morgan fingerprint density at radius 3 is 0.780 bits per heavy atom. The van der Waals surface area contributed by atoms with E-state index in [2.05, 4.69) is 31.3 Å². The first-order valence-corrected chi connectivity index (χ1v) is 42.4. The molecule has 2 unspecified atom stereocenters. The molecule has 0 saturated heterocycles. The Hall–Kier alpha value is -1.40. The molecule has 0 aliphatic heterocycles. The molecule has 0 saturated carbocycles. The van der Waals surface area contributed by atoms with Crippen LogP contribution in [0.1, 0.15) is 495 Å². The van der Waals surface area contributed by atoms with Crippen LogP contribution in [0.25, 0.3) is 0 Å². The van der Waals surface area contributed by atoms with Crippen LogP contribution in [0.15, 0.2) is 12.2 Å². The van der Waals surface area contributed by atoms with E-state index in [9.17, 15) is 19.8 Å². The number of carbonyl (C=O) groups is 2. The van der Waals surface area contributed by atoms with E-state index < -0.39 is 12.1 Å². The predicted octanol–water partition coefficient (Wildman–Crippen LogP) is 28.2. The van der Waals surface area contributed by atoms with Crippen LogP contribution in [0.5, 0.6) is 0 Å². The fraction of sp³-hybridized carbons (Fsp3) is 0.953. The van der Waals surface area contributed by atoms with Gasteiger partial charge in [0.25, 0.3) is 0 Å². The van der Waals surface area contributed by atoms with Crippen molar-refractivity contribution in [1.29, 1.82) is 0 Å². The zero-order valence-electron chi connectivity index (χ0n) is 62.4. The molecule has 0 heterocycles. The summed E-state index contributed by atoms with van der Waals surface area (Å²) in [4.78, 5) is 24.7. The zero-order chi connectivity index (χ0) is 65.6. The first-order valence-electron chi connectivity index (χ1n) is 42.4. The highest BCUT2D eigenvalue weighted by molar-refractivity contribution is 5.76. The second-order valence-electron chi connectivity index (χ2n) is 29.5. The van der Waals surface area contributed by atoms with Crippen LogP contribution < -0.4 is 5.32 Å². The van der Waals surface area contributed by atoms with Gasteiger partial charge >= 0.3 is 5.97 Å². The van der Waals surface area contributed by atoms with Crippen LogP contribution in [0, 0.1) is 0 Å². The van der Waals surface area contributed by atoms with E-state index >= 15 is 0 Å². The van der Waals surface area contributed by atoms with Crippen LogP contribution in [0.4, 0.5) is 0 Å². The van der Waals surface area contributed by atoms with Crippen molar-refractivity contribution in [2.24, 2.45) is 0 Å². The Morgan fingerprint density at radius 2 is 0.516 bits per heavy atom. The normalized spacial score (nSPS) is 12.4. The summed E-state index contributed by atoms with van der Waals surface area (Å²) in [6, 6.07) is -0.539. The summed E-state index contributed by atoms with van der Waals surface area (Å²) < 4.78 is 5.52. The Morgan fingerprint density at radius 1 is 0.297 bits per heavy atom. The molecule has 0 fully saturated rings. The lowest BCUT2D eigenvalue weighted by Crippen LogP contribution is -2.45. The molecule has 542 valence electrons. The average Bonchev–Trinajstić information content (AvgIpc) is 3.65. The lowest BCUT2D eigenvalue weighted by Gasteiger charge is -2.22. The van der Waals surface area contributed by atoms with Crippen molar-refractivity contribution in [3.05, 3.63) is 12.2 Å². The fourth-order valence-corrected chi connectivity index (χ4v) is 13.9. The molecule has 0 rings (SSSR count). The van der Waals surface area contributed by atoms with Crippen molar-refractivity contribution in [2.45, 2.75) is 508 Å². The van der Waals surface area contributed by atoms with E-state index in [1.165, 1.54) is 424 Å². The number of amides is 1. The molecule has 0 aliphatic carbocycles. The molecule has 6 nitrogen and oxygen atoms in total. The van der Waals surface area contributed by atoms with E-state index in [0.29, 0.717) is 25.9 Å². The van der Waals surface area contributed by atoms with E-state index in [1.54, 1.807) is 0 Å². The molecule has 3 N–H and O–H groups in total. The number of hydrogen-bond acceptors (Lipinski definition) is 5. The number of carbonyl (C=O) groups excluding carboxylic acids is 2. The van der Waals surface area contributed by atoms with Gasteiger partial charge in [0.2, 0.25) is 5.91 Å². The number of aliphatic hydroxyl groups excluding tert-OH is 2. The van der Waals surface area contributed by atoms with Gasteiger partial charge in [-0.2, -0.15) is 0 Å². The minimum absolute atomic E-state index is 0.0194. The summed E-state index contributed by atoms with van der Waals surface area (Å²) in [6.07, 6.45) is 103. The zero-order valence-corrected chi connectivity index (χ0v) is 62.4. The molecular weight excluding hydrogens is 1110 g/mol. The number of nitrogens with one attached hydrogen (secondary N) is 1. The SMILES string of the molecule is CCCCCCCCC/C=C\CCCCCCCCCC(=O)OCCCCCCCCCCCCCCCCCCCCCCCCCCCCCCCCCC(=O)NC(CO)C(O)CCCCCCCCCCCCCCCCCCCCCCCCCCC. The highest BCUT2D eigenvalue weighted by atomic mass is 16.5. The van der Waals surface area contributed by atoms with Gasteiger partial charge < -0.3 is 20.3 Å². The first kappa shape index (κ1) is 89.6. The number of esters is 1. The number of unbranched alkanes of at least 4 members (excludes halogenated alkanes) is 68. The highest BCUT2D eigenvalue weighted by Crippen LogP contribution is 2.21. The van der Waals surface area contributed by atoms with Crippen LogP contribution >= 0.6 is 0 Å². The molecule has 6 heteroatoms. The quantitative estimate of drug-likeness (QED) is 0.0320. The van der Waals surface area contributed by atoms with Crippen LogP contribution in [0.2, 0.25) is 0 Å². The van der Waals surface area contributed by atoms with Crippen molar-refractivity contribution < 1.29 is 24.5 Å². The molecule has 0 aromatic carbocycles. The number of aliphatic hydroxyl groups is 2. The molecule has 0 bridgehead atoms. The summed E-state index contributed by atoms with van der Waals surface area (Å²) >= 11 is 0. The topological polar surface area (TPSA) is 95.9 Å². The third kappa shape index (κ3) is 77.5. The number of ether oxygens (including phenoxy) is 1. The number of hydrogen-bond donors (Lipinski definition) is 3. The summed E-state index contributed by atoms with van der Waals surface area (Å²) in [7, 11) is 0. The monoisotopic (exact) mass is 1280 g/mol. The van der Waals surface area contributed by atoms with Gasteiger partial charge in [-0.15, -0.1) is 0 Å². The largest absolute Gasteiger partial charge is 0.466 e. The maximum absolute atomic E-state index is 12.6. The Labute approximate surface area is 571 Å². The van der Waals surface area contributed by atoms with Gasteiger partial charge in [0.1, 0.15) is 0 Å². The Bertz CT molecular complexity index is 1380. The molecule has 0 aromatic rings. The molecule has 2 atom stereocenters. The summed E-state index contributed by atoms with van der Waals surface area (Å²) in [6.45, 7) is 5.02. The second-order valence-corrected chi connectivity index (χ2v) is 29.5. The van der Waals surface area contributed by atoms with Gasteiger partial charge in [-0.1, -0.05) is 443 Å². The third-order valence-electron chi connectivity index (χ3n) is 20.3. The molecule has 1 amide bonds. The van der Waals surface area contributed by atoms with Gasteiger partial charge in [-0.25, -0.2) is 0 Å². The van der Waals surface area contributed by atoms with Crippen LogP contribution in [-0.4, -0.2) is 47.4 Å². The van der Waals surface area contributed by atoms with Gasteiger partial charge in [0, 0.05) is 12.8 Å². The van der Waals surface area contributed by atoms with E-state index in [0.717, 1.165) is 38.5 Å². The Balaban J connectivity index is 3.32. The molecule has 0 radical (unpaired) electrons. The molecule has 91 heavy (non-hydrogen) atoms. The fourth-order valence-electron chi connectivity index (χ4n) is 13.9. The average molecular weight is 1280 g/mol. The summed E-state index contributed by atoms with van der Waals surface area (Å²) in [5.74, 6) is -0.00468. The van der Waals surface area contributed by atoms with E-state index in [4.69, 9.17) is 4.74 Å². The summed E-state index contributed by atoms with van der Waals surface area (Å²) in [5, 5.41) is 23.5. The molecule has 0 aromatic heterocycles. The van der Waals surface area contributed by atoms with Gasteiger partial charge in [-0.3, -0.25) is 9.59 Å². The second kappa shape index (κ2) is 81.0. The van der Waals surface area contributed by atoms with E-state index in [-0.39, 0.29) is 18.5 Å². The maximum atomic E-state index is 12.6. The van der Waals surface area contributed by atoms with Gasteiger partial charge in [0.15, 0.2) is 0 Å². The standard InChI is InChI=1S/C85H167NO5/c1-3-5-7-9-11-13-15-17-19-21-23-24-25-33-36-39-42-45-49-53-57-61-65-69-73-77-83(88)82(81-87)86-84(89)78-74-70-66-62-58-54-50-46-43-40-37-34-31-29-27-26-28-30-32-35-38-41-44-48-52-56-60-64-68-72-76-80-91-85(90)79-75-71-67-63-59-55-51-47-22-20-18-16-14-12-10-8-6-4-2/h20,22,82-83,87-88H,3-19,21,23-81H2,1-2H3,(H,86,89)/b22-20-. The maximum Gasteiger partial charge on any atom is 0.305 e. The minimum atomic E-state index is -0.663. The third-order valence-corrected chi connectivity index (χ3v) is 20.3. The van der Waals surface area contributed by atoms with Gasteiger partial charge in [-0.05, 0) is 51.4 Å². The van der Waals surface area contributed by atoms with Gasteiger partial charge in [0.05, 0.1) is 25.4 Å². The Kier molecular flexibility index (Phi) is 79.8. The number of allylic oxidation sites excluding steroid dienone is 2. The lowest BCUT2D eigenvalue weighted by molar-refractivity contribution is -0.143. The van der Waals surface area contributed by atoms with Crippen molar-refractivity contribution in [1.82, 2.24) is 5.32 Å². The first-order chi connectivity index (χ1) is 45.0. The van der Waals surface area contributed by atoms with Crippen molar-refractivity contribution in [2.75, 3.05) is 13.2 Å². The molecule has 0 aliphatic rings. The molecule has 0 spiro atoms. The molecular formula is C85H167NO5. The van der Waals surface area contributed by atoms with E-state index in [1.807, 2.05) is 0 Å².